The molecule has 1 saturated heterocycles. The number of benzene rings is 1. The molecule has 1 atom stereocenters. The van der Waals surface area contributed by atoms with Crippen LogP contribution in [0.15, 0.2) is 23.1 Å². The van der Waals surface area contributed by atoms with Crippen molar-refractivity contribution in [2.24, 2.45) is 0 Å². The first-order valence-corrected chi connectivity index (χ1v) is 9.27. The van der Waals surface area contributed by atoms with Gasteiger partial charge in [0.2, 0.25) is 10.0 Å². The number of carboxylic acids is 1. The molecule has 0 aliphatic carbocycles. The molecule has 0 radical (unpaired) electrons. The van der Waals surface area contributed by atoms with E-state index in [1.165, 1.54) is 17.4 Å². The van der Waals surface area contributed by atoms with E-state index in [0.717, 1.165) is 26.0 Å². The van der Waals surface area contributed by atoms with E-state index in [1.807, 2.05) is 6.92 Å². The topological polar surface area (TPSA) is 87.6 Å². The molecule has 0 saturated carbocycles. The van der Waals surface area contributed by atoms with E-state index in [1.54, 1.807) is 12.1 Å². The Hall–Kier alpha value is -1.51. The van der Waals surface area contributed by atoms with Crippen molar-refractivity contribution in [1.29, 1.82) is 0 Å². The van der Waals surface area contributed by atoms with Gasteiger partial charge >= 0.3 is 5.97 Å². The van der Waals surface area contributed by atoms with E-state index in [9.17, 15) is 18.3 Å². The Labute approximate surface area is 132 Å². The summed E-state index contributed by atoms with van der Waals surface area (Å²) in [6, 6.07) is 3.79. The van der Waals surface area contributed by atoms with Crippen LogP contribution in [0.1, 0.15) is 24.3 Å². The second-order valence-electron chi connectivity index (χ2n) is 5.33. The maximum Gasteiger partial charge on any atom is 0.322 e. The molecule has 1 N–H and O–H groups in total. The summed E-state index contributed by atoms with van der Waals surface area (Å²) in [7, 11) is -3.81. The van der Waals surface area contributed by atoms with Crippen LogP contribution in [-0.4, -0.2) is 41.4 Å². The van der Waals surface area contributed by atoms with Gasteiger partial charge in [0.05, 0.1) is 20.1 Å². The summed E-state index contributed by atoms with van der Waals surface area (Å²) < 4.78 is 27.5. The van der Waals surface area contributed by atoms with E-state index >= 15 is 0 Å². The summed E-state index contributed by atoms with van der Waals surface area (Å²) in [4.78, 5) is 15.8. The first kappa shape index (κ1) is 15.4. The Kier molecular flexibility index (Phi) is 3.92. The highest BCUT2D eigenvalue weighted by Crippen LogP contribution is 2.29. The normalized spacial score (nSPS) is 20.3. The van der Waals surface area contributed by atoms with Crippen LogP contribution in [0.25, 0.3) is 10.2 Å². The van der Waals surface area contributed by atoms with Gasteiger partial charge in [0.25, 0.3) is 0 Å². The van der Waals surface area contributed by atoms with Gasteiger partial charge in [0.1, 0.15) is 6.04 Å². The van der Waals surface area contributed by atoms with E-state index in [4.69, 9.17) is 0 Å². The first-order chi connectivity index (χ1) is 10.4. The molecule has 8 heteroatoms. The smallest absolute Gasteiger partial charge is 0.322 e. The van der Waals surface area contributed by atoms with Crippen LogP contribution in [0.3, 0.4) is 0 Å². The third kappa shape index (κ3) is 2.62. The van der Waals surface area contributed by atoms with Crippen molar-refractivity contribution in [3.05, 3.63) is 23.2 Å². The van der Waals surface area contributed by atoms with Crippen LogP contribution >= 0.6 is 11.3 Å². The molecule has 118 valence electrons. The van der Waals surface area contributed by atoms with Gasteiger partial charge in [0, 0.05) is 6.54 Å². The van der Waals surface area contributed by atoms with Gasteiger partial charge in [-0.3, -0.25) is 4.79 Å². The average molecular weight is 340 g/mol. The first-order valence-electron chi connectivity index (χ1n) is 7.01. The molecule has 1 fully saturated rings. The van der Waals surface area contributed by atoms with E-state index in [2.05, 4.69) is 4.98 Å². The quantitative estimate of drug-likeness (QED) is 0.926. The molecule has 1 aromatic heterocycles. The number of fused-ring (bicyclic) bond motifs is 1. The van der Waals surface area contributed by atoms with Crippen LogP contribution in [0.4, 0.5) is 0 Å². The van der Waals surface area contributed by atoms with Crippen molar-refractivity contribution in [2.45, 2.75) is 37.1 Å². The highest BCUT2D eigenvalue weighted by atomic mass is 32.2. The van der Waals surface area contributed by atoms with Gasteiger partial charge in [-0.25, -0.2) is 13.4 Å². The Morgan fingerprint density at radius 1 is 1.41 bits per heavy atom. The number of hydrogen-bond acceptors (Lipinski definition) is 5. The fraction of sp³-hybridized carbons (Fsp3) is 0.429. The predicted octanol–water partition coefficient (Wildman–Crippen LogP) is 2.23. The third-order valence-corrected chi connectivity index (χ3v) is 6.65. The van der Waals surface area contributed by atoms with Crippen LogP contribution in [0.5, 0.6) is 0 Å². The number of nitrogens with zero attached hydrogens (tertiary/aromatic N) is 2. The summed E-state index contributed by atoms with van der Waals surface area (Å²) in [5.74, 6) is -1.09. The summed E-state index contributed by atoms with van der Waals surface area (Å²) in [6.07, 6.45) is 1.78. The molecule has 2 heterocycles. The number of piperidine rings is 1. The second-order valence-corrected chi connectivity index (χ2v) is 8.45. The number of carbonyl (C=O) groups is 1. The van der Waals surface area contributed by atoms with Gasteiger partial charge in [0.15, 0.2) is 0 Å². The highest BCUT2D eigenvalue weighted by Gasteiger charge is 2.37. The lowest BCUT2D eigenvalue weighted by Gasteiger charge is -2.31. The minimum atomic E-state index is -3.81. The van der Waals surface area contributed by atoms with E-state index < -0.39 is 22.0 Å². The van der Waals surface area contributed by atoms with Gasteiger partial charge in [-0.2, -0.15) is 4.31 Å². The molecular formula is C14H16N2O4S2. The highest BCUT2D eigenvalue weighted by molar-refractivity contribution is 7.89. The predicted molar refractivity (Wildman–Crippen MR) is 83.5 cm³/mol. The molecule has 3 rings (SSSR count). The number of aliphatic carboxylic acids is 1. The molecule has 0 unspecified atom stereocenters. The largest absolute Gasteiger partial charge is 0.480 e. The van der Waals surface area contributed by atoms with Crippen molar-refractivity contribution in [3.63, 3.8) is 0 Å². The number of thiazole rings is 1. The van der Waals surface area contributed by atoms with Gasteiger partial charge in [-0.05, 0) is 44.4 Å². The molecule has 0 spiro atoms. The lowest BCUT2D eigenvalue weighted by Crippen LogP contribution is -2.47. The van der Waals surface area contributed by atoms with Crippen molar-refractivity contribution in [2.75, 3.05) is 6.54 Å². The average Bonchev–Trinajstić information content (AvgIpc) is 2.86. The van der Waals surface area contributed by atoms with Crippen molar-refractivity contribution in [1.82, 2.24) is 9.29 Å². The number of carboxylic acid groups (broad SMARTS) is 1. The molecule has 6 nitrogen and oxygen atoms in total. The summed E-state index contributed by atoms with van der Waals surface area (Å²) in [6.45, 7) is 2.11. The lowest BCUT2D eigenvalue weighted by atomic mass is 10.1. The molecule has 0 bridgehead atoms. The maximum atomic E-state index is 12.8. The molecule has 1 aromatic carbocycles. The number of hydrogen-bond donors (Lipinski definition) is 1. The summed E-state index contributed by atoms with van der Waals surface area (Å²) in [5.41, 5.74) is 0.759. The maximum absolute atomic E-state index is 12.8. The Morgan fingerprint density at radius 3 is 2.91 bits per heavy atom. The Bertz CT molecular complexity index is 828. The van der Waals surface area contributed by atoms with Crippen LogP contribution in [-0.2, 0) is 14.8 Å². The van der Waals surface area contributed by atoms with Crippen molar-refractivity contribution < 1.29 is 18.3 Å². The Balaban J connectivity index is 2.04. The summed E-state index contributed by atoms with van der Waals surface area (Å²) in [5, 5.41) is 10.1. The molecule has 0 amide bonds. The van der Waals surface area contributed by atoms with Crippen LogP contribution < -0.4 is 0 Å². The van der Waals surface area contributed by atoms with Gasteiger partial charge < -0.3 is 5.11 Å². The minimum absolute atomic E-state index is 0.136. The zero-order valence-corrected chi connectivity index (χ0v) is 13.7. The SMILES string of the molecule is Cc1nc2ccc(S(=O)(=O)N3CCCC[C@@H]3C(=O)O)cc2s1. The minimum Gasteiger partial charge on any atom is -0.480 e. The number of aryl methyl sites for hydroxylation is 1. The molecule has 2 aromatic rings. The number of sulfonamides is 1. The zero-order valence-electron chi connectivity index (χ0n) is 12.0. The fourth-order valence-electron chi connectivity index (χ4n) is 2.76. The van der Waals surface area contributed by atoms with Crippen LogP contribution in [0.2, 0.25) is 0 Å². The zero-order chi connectivity index (χ0) is 15.9. The monoisotopic (exact) mass is 340 g/mol. The number of aromatic nitrogens is 1. The summed E-state index contributed by atoms with van der Waals surface area (Å²) >= 11 is 1.43. The Morgan fingerprint density at radius 2 is 2.18 bits per heavy atom. The van der Waals surface area contributed by atoms with E-state index in [0.29, 0.717) is 12.8 Å². The fourth-order valence-corrected chi connectivity index (χ4v) is 5.37. The van der Waals surface area contributed by atoms with Crippen molar-refractivity contribution >= 4 is 37.5 Å². The standard InChI is InChI=1S/C14H16N2O4S2/c1-9-15-11-6-5-10(8-13(11)21-9)22(19,20)16-7-3-2-4-12(16)14(17)18/h5-6,8,12H,2-4,7H2,1H3,(H,17,18)/t12-/m1/s1. The molecule has 1 aliphatic heterocycles. The van der Waals surface area contributed by atoms with Gasteiger partial charge in [-0.1, -0.05) is 0 Å². The van der Waals surface area contributed by atoms with E-state index in [-0.39, 0.29) is 11.4 Å². The molecular weight excluding hydrogens is 324 g/mol. The molecule has 22 heavy (non-hydrogen) atoms. The van der Waals surface area contributed by atoms with Gasteiger partial charge in [-0.15, -0.1) is 11.3 Å². The van der Waals surface area contributed by atoms with Crippen molar-refractivity contribution in [3.8, 4) is 0 Å². The third-order valence-electron chi connectivity index (χ3n) is 3.81. The second kappa shape index (κ2) is 5.60. The van der Waals surface area contributed by atoms with Crippen LogP contribution in [0, 0.1) is 6.92 Å². The molecule has 1 aliphatic rings. The number of rotatable bonds is 3. The lowest BCUT2D eigenvalue weighted by molar-refractivity contribution is -0.142.